The van der Waals surface area contributed by atoms with Gasteiger partial charge in [0, 0.05) is 10.8 Å². The highest BCUT2D eigenvalue weighted by Crippen LogP contribution is 2.55. The Morgan fingerprint density at radius 2 is 1.90 bits per heavy atom. The van der Waals surface area contributed by atoms with Crippen molar-refractivity contribution in [1.82, 2.24) is 0 Å². The van der Waals surface area contributed by atoms with E-state index in [1.807, 2.05) is 36.4 Å². The summed E-state index contributed by atoms with van der Waals surface area (Å²) in [6.07, 6.45) is 4.15. The van der Waals surface area contributed by atoms with Crippen LogP contribution in [0.4, 0.5) is 0 Å². The van der Waals surface area contributed by atoms with E-state index in [2.05, 4.69) is 18.2 Å². The van der Waals surface area contributed by atoms with Crippen molar-refractivity contribution in [3.63, 3.8) is 0 Å². The third kappa shape index (κ3) is 4.21. The minimum atomic E-state index is -0.106. The maximum Gasteiger partial charge on any atom is 0.309 e. The highest BCUT2D eigenvalue weighted by atomic mass is 16.5. The Morgan fingerprint density at radius 3 is 2.74 bits per heavy atom. The number of hydrogen-bond donors (Lipinski definition) is 0. The molecule has 0 amide bonds. The van der Waals surface area contributed by atoms with Gasteiger partial charge in [-0.3, -0.25) is 4.79 Å². The van der Waals surface area contributed by atoms with Gasteiger partial charge in [0.05, 0.1) is 39.5 Å². The van der Waals surface area contributed by atoms with Crippen LogP contribution < -0.4 is 4.74 Å². The Balaban J connectivity index is 1.23. The van der Waals surface area contributed by atoms with E-state index in [1.165, 1.54) is 12.7 Å². The van der Waals surface area contributed by atoms with Crippen LogP contribution in [0.5, 0.6) is 11.5 Å². The zero-order valence-corrected chi connectivity index (χ0v) is 18.0. The number of hydrogen-bond acceptors (Lipinski definition) is 5. The lowest BCUT2D eigenvalue weighted by atomic mass is 9.74. The molecule has 2 aromatic carbocycles. The second-order valence-corrected chi connectivity index (χ2v) is 9.53. The molecule has 164 valence electrons. The molecule has 2 saturated carbocycles. The van der Waals surface area contributed by atoms with Crippen molar-refractivity contribution in [2.45, 2.75) is 31.1 Å². The van der Waals surface area contributed by atoms with Gasteiger partial charge >= 0.3 is 5.97 Å². The Kier molecular flexibility index (Phi) is 5.49. The molecule has 31 heavy (non-hydrogen) atoms. The average Bonchev–Trinajstić information content (AvgIpc) is 3.52. The largest absolute Gasteiger partial charge is 0.469 e. The summed E-state index contributed by atoms with van der Waals surface area (Å²) in [7, 11) is 1.45. The molecule has 1 saturated heterocycles. The van der Waals surface area contributed by atoms with Crippen LogP contribution in [0.1, 0.15) is 31.2 Å². The van der Waals surface area contributed by atoms with Gasteiger partial charge in [-0.2, -0.15) is 0 Å². The van der Waals surface area contributed by atoms with E-state index in [-0.39, 0.29) is 22.7 Å². The van der Waals surface area contributed by atoms with Gasteiger partial charge in [0.15, 0.2) is 0 Å². The summed E-state index contributed by atoms with van der Waals surface area (Å²) in [5.74, 6) is 1.94. The van der Waals surface area contributed by atoms with E-state index in [0.717, 1.165) is 50.4 Å². The van der Waals surface area contributed by atoms with E-state index >= 15 is 0 Å². The number of ether oxygens (including phenoxy) is 4. The van der Waals surface area contributed by atoms with Gasteiger partial charge in [-0.25, -0.2) is 0 Å². The molecule has 5 nitrogen and oxygen atoms in total. The molecule has 3 aliphatic rings. The first-order valence-electron chi connectivity index (χ1n) is 11.2. The molecule has 2 bridgehead atoms. The fraction of sp³-hybridized carbons (Fsp3) is 0.500. The van der Waals surface area contributed by atoms with Crippen molar-refractivity contribution in [3.05, 3.63) is 60.2 Å². The van der Waals surface area contributed by atoms with E-state index in [4.69, 9.17) is 18.9 Å². The number of esters is 1. The Morgan fingerprint density at radius 1 is 1.06 bits per heavy atom. The predicted molar refractivity (Wildman–Crippen MR) is 116 cm³/mol. The smallest absolute Gasteiger partial charge is 0.309 e. The highest BCUT2D eigenvalue weighted by molar-refractivity contribution is 5.75. The summed E-state index contributed by atoms with van der Waals surface area (Å²) in [5, 5.41) is 0. The Bertz CT molecular complexity index is 928. The number of para-hydroxylation sites is 1. The molecule has 0 radical (unpaired) electrons. The first-order chi connectivity index (χ1) is 15.1. The minimum Gasteiger partial charge on any atom is -0.469 e. The molecule has 2 aliphatic carbocycles. The number of carbonyl (C=O) groups excluding carboxylic acids is 1. The molecule has 1 heterocycles. The second-order valence-electron chi connectivity index (χ2n) is 9.53. The quantitative estimate of drug-likeness (QED) is 0.575. The molecule has 1 aliphatic heterocycles. The van der Waals surface area contributed by atoms with Gasteiger partial charge in [0.25, 0.3) is 0 Å². The molecule has 5 rings (SSSR count). The lowest BCUT2D eigenvalue weighted by molar-refractivity contribution is -0.142. The molecule has 0 spiro atoms. The fourth-order valence-corrected chi connectivity index (χ4v) is 5.42. The van der Waals surface area contributed by atoms with E-state index in [0.29, 0.717) is 19.1 Å². The molecule has 5 heteroatoms. The van der Waals surface area contributed by atoms with E-state index in [9.17, 15) is 4.79 Å². The SMILES string of the molecule is COC(=O)C1CC1COCC12CCC(c3cccc(Oc4ccccc4)c3)(COC1)C2. The van der Waals surface area contributed by atoms with Gasteiger partial charge in [-0.1, -0.05) is 30.3 Å². The monoisotopic (exact) mass is 422 g/mol. The van der Waals surface area contributed by atoms with Crippen LogP contribution in [-0.4, -0.2) is 39.5 Å². The summed E-state index contributed by atoms with van der Waals surface area (Å²) >= 11 is 0. The minimum absolute atomic E-state index is 0.0196. The molecular weight excluding hydrogens is 392 g/mol. The van der Waals surface area contributed by atoms with Crippen LogP contribution in [-0.2, 0) is 24.4 Å². The van der Waals surface area contributed by atoms with Crippen LogP contribution in [0.25, 0.3) is 0 Å². The first kappa shape index (κ1) is 20.5. The third-order valence-corrected chi connectivity index (χ3v) is 7.23. The summed E-state index contributed by atoms with van der Waals surface area (Å²) in [6, 6.07) is 18.3. The average molecular weight is 423 g/mol. The number of fused-ring (bicyclic) bond motifs is 2. The van der Waals surface area contributed by atoms with Crippen molar-refractivity contribution in [1.29, 1.82) is 0 Å². The van der Waals surface area contributed by atoms with Gasteiger partial charge in [-0.05, 0) is 61.4 Å². The van der Waals surface area contributed by atoms with Crippen LogP contribution >= 0.6 is 0 Å². The van der Waals surface area contributed by atoms with Crippen molar-refractivity contribution in [2.75, 3.05) is 33.5 Å². The molecular formula is C26H30O5. The first-order valence-corrected chi connectivity index (χ1v) is 11.2. The maximum absolute atomic E-state index is 11.6. The summed E-state index contributed by atoms with van der Waals surface area (Å²) in [5.41, 5.74) is 1.37. The Hall–Kier alpha value is -2.37. The second kappa shape index (κ2) is 8.29. The van der Waals surface area contributed by atoms with Gasteiger partial charge in [-0.15, -0.1) is 0 Å². The number of rotatable bonds is 8. The van der Waals surface area contributed by atoms with Crippen molar-refractivity contribution in [3.8, 4) is 11.5 Å². The maximum atomic E-state index is 11.6. The molecule has 4 atom stereocenters. The van der Waals surface area contributed by atoms with E-state index in [1.54, 1.807) is 0 Å². The van der Waals surface area contributed by atoms with Crippen molar-refractivity contribution >= 4 is 5.97 Å². The number of benzene rings is 2. The normalized spacial score (nSPS) is 31.3. The fourth-order valence-electron chi connectivity index (χ4n) is 5.42. The summed E-state index contributed by atoms with van der Waals surface area (Å²) in [4.78, 5) is 11.6. The number of methoxy groups -OCH3 is 1. The molecule has 3 fully saturated rings. The van der Waals surface area contributed by atoms with Crippen LogP contribution in [0.2, 0.25) is 0 Å². The zero-order chi connectivity index (χ0) is 21.3. The Labute approximate surface area is 183 Å². The predicted octanol–water partition coefficient (Wildman–Crippen LogP) is 4.74. The van der Waals surface area contributed by atoms with Crippen molar-refractivity contribution < 1.29 is 23.7 Å². The highest BCUT2D eigenvalue weighted by Gasteiger charge is 2.53. The lowest BCUT2D eigenvalue weighted by Crippen LogP contribution is -2.41. The lowest BCUT2D eigenvalue weighted by Gasteiger charge is -2.39. The molecule has 0 aromatic heterocycles. The van der Waals surface area contributed by atoms with Crippen LogP contribution in [0.3, 0.4) is 0 Å². The van der Waals surface area contributed by atoms with Gasteiger partial charge < -0.3 is 18.9 Å². The third-order valence-electron chi connectivity index (χ3n) is 7.23. The van der Waals surface area contributed by atoms with Gasteiger partial charge in [0.1, 0.15) is 11.5 Å². The van der Waals surface area contributed by atoms with Crippen LogP contribution in [0, 0.1) is 17.3 Å². The topological polar surface area (TPSA) is 54.0 Å². The molecule has 4 unspecified atom stereocenters. The summed E-state index contributed by atoms with van der Waals surface area (Å²) < 4.78 is 23.1. The molecule has 2 aromatic rings. The van der Waals surface area contributed by atoms with Gasteiger partial charge in [0.2, 0.25) is 0 Å². The standard InChI is InChI=1S/C26H30O5/c1-28-24(27)23-12-19(23)14-29-16-25-10-11-26(15-25,18-30-17-25)20-6-5-9-22(13-20)31-21-7-3-2-4-8-21/h2-9,13,19,23H,10-12,14-18H2,1H3. The summed E-state index contributed by atoms with van der Waals surface area (Å²) in [6.45, 7) is 2.82. The number of carbonyl (C=O) groups is 1. The van der Waals surface area contributed by atoms with E-state index < -0.39 is 0 Å². The zero-order valence-electron chi connectivity index (χ0n) is 18.0. The molecule has 0 N–H and O–H groups in total. The van der Waals surface area contributed by atoms with Crippen molar-refractivity contribution in [2.24, 2.45) is 17.3 Å². The van der Waals surface area contributed by atoms with Crippen LogP contribution in [0.15, 0.2) is 54.6 Å².